The SMILES string of the molecule is CN(c1ccc(F)cc1)S(=O)(=O)c1ccc(Cl)c(N)c1Cl. The zero-order valence-electron chi connectivity index (χ0n) is 10.8. The van der Waals surface area contributed by atoms with Crippen LogP contribution in [0.2, 0.25) is 10.0 Å². The van der Waals surface area contributed by atoms with Crippen molar-refractivity contribution in [3.8, 4) is 0 Å². The third-order valence-corrected chi connectivity index (χ3v) is 5.60. The second-order valence-corrected chi connectivity index (χ2v) is 6.94. The number of halogens is 3. The molecule has 0 aromatic heterocycles. The first-order valence-corrected chi connectivity index (χ1v) is 7.92. The van der Waals surface area contributed by atoms with Gasteiger partial charge in [-0.25, -0.2) is 12.8 Å². The van der Waals surface area contributed by atoms with Crippen LogP contribution in [0.25, 0.3) is 0 Å². The molecule has 2 rings (SSSR count). The average molecular weight is 349 g/mol. The summed E-state index contributed by atoms with van der Waals surface area (Å²) in [5.74, 6) is -0.460. The first-order chi connectivity index (χ1) is 9.75. The zero-order chi connectivity index (χ0) is 15.8. The van der Waals surface area contributed by atoms with E-state index in [-0.39, 0.29) is 20.6 Å². The van der Waals surface area contributed by atoms with Crippen molar-refractivity contribution >= 4 is 44.6 Å². The van der Waals surface area contributed by atoms with Gasteiger partial charge in [-0.1, -0.05) is 23.2 Å². The Morgan fingerprint density at radius 1 is 1.10 bits per heavy atom. The van der Waals surface area contributed by atoms with E-state index in [9.17, 15) is 12.8 Å². The first kappa shape index (κ1) is 15.9. The third kappa shape index (κ3) is 2.92. The predicted molar refractivity (Wildman–Crippen MR) is 82.9 cm³/mol. The number of sulfonamides is 1. The van der Waals surface area contributed by atoms with Gasteiger partial charge in [0, 0.05) is 7.05 Å². The fourth-order valence-electron chi connectivity index (χ4n) is 1.69. The molecule has 2 aromatic rings. The molecule has 0 aliphatic carbocycles. The maximum atomic E-state index is 12.9. The van der Waals surface area contributed by atoms with E-state index >= 15 is 0 Å². The van der Waals surface area contributed by atoms with Gasteiger partial charge in [0.1, 0.15) is 10.7 Å². The van der Waals surface area contributed by atoms with Crippen LogP contribution in [0.15, 0.2) is 41.3 Å². The quantitative estimate of drug-likeness (QED) is 0.862. The molecule has 0 saturated heterocycles. The molecule has 0 saturated carbocycles. The molecule has 0 aliphatic rings. The molecule has 2 N–H and O–H groups in total. The molecule has 0 spiro atoms. The molecule has 0 amide bonds. The molecule has 0 fully saturated rings. The van der Waals surface area contributed by atoms with E-state index in [0.717, 1.165) is 4.31 Å². The Bertz CT molecular complexity index is 780. The Kier molecular flexibility index (Phi) is 4.32. The molecule has 0 radical (unpaired) electrons. The van der Waals surface area contributed by atoms with Crippen molar-refractivity contribution < 1.29 is 12.8 Å². The molecule has 0 heterocycles. The number of anilines is 2. The van der Waals surface area contributed by atoms with E-state index < -0.39 is 15.8 Å². The summed E-state index contributed by atoms with van der Waals surface area (Å²) in [5.41, 5.74) is 5.93. The van der Waals surface area contributed by atoms with Gasteiger partial charge in [0.25, 0.3) is 10.0 Å². The van der Waals surface area contributed by atoms with Crippen LogP contribution < -0.4 is 10.0 Å². The molecule has 21 heavy (non-hydrogen) atoms. The van der Waals surface area contributed by atoms with E-state index in [1.165, 1.54) is 43.4 Å². The molecule has 0 unspecified atom stereocenters. The van der Waals surface area contributed by atoms with Crippen molar-refractivity contribution in [2.45, 2.75) is 4.90 Å². The lowest BCUT2D eigenvalue weighted by molar-refractivity contribution is 0.594. The highest BCUT2D eigenvalue weighted by Crippen LogP contribution is 2.35. The highest BCUT2D eigenvalue weighted by molar-refractivity contribution is 7.93. The van der Waals surface area contributed by atoms with Gasteiger partial charge in [-0.15, -0.1) is 0 Å². The van der Waals surface area contributed by atoms with Crippen molar-refractivity contribution in [1.82, 2.24) is 0 Å². The smallest absolute Gasteiger partial charge is 0.265 e. The van der Waals surface area contributed by atoms with Crippen LogP contribution >= 0.6 is 23.2 Å². The molecular weight excluding hydrogens is 338 g/mol. The number of rotatable bonds is 3. The largest absolute Gasteiger partial charge is 0.396 e. The minimum absolute atomic E-state index is 0.00749. The fraction of sp³-hybridized carbons (Fsp3) is 0.0769. The third-order valence-electron chi connectivity index (χ3n) is 2.92. The molecular formula is C13H11Cl2FN2O2S. The lowest BCUT2D eigenvalue weighted by Crippen LogP contribution is -2.27. The molecule has 0 atom stereocenters. The molecule has 0 bridgehead atoms. The van der Waals surface area contributed by atoms with E-state index in [1.807, 2.05) is 0 Å². The minimum atomic E-state index is -3.93. The van der Waals surface area contributed by atoms with E-state index in [1.54, 1.807) is 0 Å². The molecule has 4 nitrogen and oxygen atoms in total. The topological polar surface area (TPSA) is 63.4 Å². The van der Waals surface area contributed by atoms with Crippen molar-refractivity contribution in [2.75, 3.05) is 17.1 Å². The van der Waals surface area contributed by atoms with Crippen LogP contribution in [0.1, 0.15) is 0 Å². The monoisotopic (exact) mass is 348 g/mol. The van der Waals surface area contributed by atoms with Crippen LogP contribution in [0.5, 0.6) is 0 Å². The summed E-state index contributed by atoms with van der Waals surface area (Å²) in [6, 6.07) is 7.66. The Labute approximate surface area is 131 Å². The van der Waals surface area contributed by atoms with Gasteiger partial charge in [-0.3, -0.25) is 4.31 Å². The number of nitrogen functional groups attached to an aromatic ring is 1. The van der Waals surface area contributed by atoms with Crippen LogP contribution in [-0.2, 0) is 10.0 Å². The minimum Gasteiger partial charge on any atom is -0.396 e. The van der Waals surface area contributed by atoms with Gasteiger partial charge in [-0.2, -0.15) is 0 Å². The van der Waals surface area contributed by atoms with Gasteiger partial charge in [0.15, 0.2) is 0 Å². The van der Waals surface area contributed by atoms with Crippen molar-refractivity contribution in [1.29, 1.82) is 0 Å². The molecule has 112 valence electrons. The molecule has 0 aliphatic heterocycles. The summed E-state index contributed by atoms with van der Waals surface area (Å²) in [5, 5.41) is 0.0276. The molecule has 2 aromatic carbocycles. The fourth-order valence-corrected chi connectivity index (χ4v) is 3.62. The van der Waals surface area contributed by atoms with Crippen LogP contribution in [0.3, 0.4) is 0 Å². The second kappa shape index (κ2) is 5.71. The normalized spacial score (nSPS) is 11.4. The summed E-state index contributed by atoms with van der Waals surface area (Å²) in [6.45, 7) is 0. The highest BCUT2D eigenvalue weighted by Gasteiger charge is 2.25. The Morgan fingerprint density at radius 2 is 1.67 bits per heavy atom. The van der Waals surface area contributed by atoms with E-state index in [4.69, 9.17) is 28.9 Å². The summed E-state index contributed by atoms with van der Waals surface area (Å²) in [4.78, 5) is -0.169. The van der Waals surface area contributed by atoms with Crippen LogP contribution in [0, 0.1) is 5.82 Å². The van der Waals surface area contributed by atoms with Crippen molar-refractivity contribution in [3.05, 3.63) is 52.3 Å². The van der Waals surface area contributed by atoms with Gasteiger partial charge < -0.3 is 5.73 Å². The standard InChI is InChI=1S/C13H11Cl2FN2O2S/c1-18(9-4-2-8(16)3-5-9)21(19,20)11-7-6-10(14)13(17)12(11)15/h2-7H,17H2,1H3. The summed E-state index contributed by atoms with van der Waals surface area (Å²) < 4.78 is 39.0. The van der Waals surface area contributed by atoms with Gasteiger partial charge in [0.05, 0.1) is 21.4 Å². The number of hydrogen-bond acceptors (Lipinski definition) is 3. The zero-order valence-corrected chi connectivity index (χ0v) is 13.2. The van der Waals surface area contributed by atoms with Crippen molar-refractivity contribution in [3.63, 3.8) is 0 Å². The maximum Gasteiger partial charge on any atom is 0.265 e. The van der Waals surface area contributed by atoms with Crippen LogP contribution in [0.4, 0.5) is 15.8 Å². The number of benzene rings is 2. The summed E-state index contributed by atoms with van der Waals surface area (Å²) >= 11 is 11.8. The van der Waals surface area contributed by atoms with E-state index in [0.29, 0.717) is 5.69 Å². The lowest BCUT2D eigenvalue weighted by Gasteiger charge is -2.20. The average Bonchev–Trinajstić information content (AvgIpc) is 2.44. The Morgan fingerprint density at radius 3 is 2.24 bits per heavy atom. The Balaban J connectivity index is 2.52. The number of nitrogens with two attached hydrogens (primary N) is 1. The van der Waals surface area contributed by atoms with Crippen LogP contribution in [-0.4, -0.2) is 15.5 Å². The second-order valence-electron chi connectivity index (χ2n) is 4.22. The maximum absolute atomic E-state index is 12.9. The predicted octanol–water partition coefficient (Wildman–Crippen LogP) is 3.54. The van der Waals surface area contributed by atoms with Gasteiger partial charge in [0.2, 0.25) is 0 Å². The highest BCUT2D eigenvalue weighted by atomic mass is 35.5. The number of hydrogen-bond donors (Lipinski definition) is 1. The summed E-state index contributed by atoms with van der Waals surface area (Å²) in [7, 11) is -2.60. The molecule has 8 heteroatoms. The lowest BCUT2D eigenvalue weighted by atomic mass is 10.3. The summed E-state index contributed by atoms with van der Waals surface area (Å²) in [6.07, 6.45) is 0. The first-order valence-electron chi connectivity index (χ1n) is 5.73. The van der Waals surface area contributed by atoms with Gasteiger partial charge in [-0.05, 0) is 36.4 Å². The Hall–Kier alpha value is -1.50. The van der Waals surface area contributed by atoms with Crippen molar-refractivity contribution in [2.24, 2.45) is 0 Å². The van der Waals surface area contributed by atoms with E-state index in [2.05, 4.69) is 0 Å². The number of nitrogens with zero attached hydrogens (tertiary/aromatic N) is 1. The van der Waals surface area contributed by atoms with Gasteiger partial charge >= 0.3 is 0 Å².